The molecule has 0 spiro atoms. The van der Waals surface area contributed by atoms with Gasteiger partial charge in [0, 0.05) is 19.5 Å². The van der Waals surface area contributed by atoms with Crippen LogP contribution >= 0.6 is 0 Å². The van der Waals surface area contributed by atoms with Crippen molar-refractivity contribution in [3.05, 3.63) is 35.9 Å². The number of nitrogens with one attached hydrogen (secondary N) is 2. The average Bonchev–Trinajstić information content (AvgIpc) is 3.02. The molecular weight excluding hydrogens is 314 g/mol. The number of hydrogen-bond acceptors (Lipinski definition) is 3. The van der Waals surface area contributed by atoms with Crippen LogP contribution in [0.1, 0.15) is 44.7 Å². The molecular formula is C20H29N3O2. The van der Waals surface area contributed by atoms with Gasteiger partial charge in [-0.05, 0) is 43.8 Å². The zero-order valence-corrected chi connectivity index (χ0v) is 15.3. The number of hydrogen-bond donors (Lipinski definition) is 2. The Morgan fingerprint density at radius 3 is 2.68 bits per heavy atom. The predicted molar refractivity (Wildman–Crippen MR) is 97.9 cm³/mol. The lowest BCUT2D eigenvalue weighted by molar-refractivity contribution is -0.130. The fourth-order valence-corrected chi connectivity index (χ4v) is 3.84. The van der Waals surface area contributed by atoms with Gasteiger partial charge in [0.2, 0.25) is 11.8 Å². The van der Waals surface area contributed by atoms with Gasteiger partial charge in [-0.25, -0.2) is 0 Å². The second-order valence-corrected chi connectivity index (χ2v) is 7.81. The molecule has 3 rings (SSSR count). The van der Waals surface area contributed by atoms with Crippen molar-refractivity contribution in [1.29, 1.82) is 0 Å². The van der Waals surface area contributed by atoms with Crippen LogP contribution < -0.4 is 10.6 Å². The quantitative estimate of drug-likeness (QED) is 0.861. The summed E-state index contributed by atoms with van der Waals surface area (Å²) in [7, 11) is 0. The Bertz CT molecular complexity index is 611. The van der Waals surface area contributed by atoms with Crippen LogP contribution in [0.5, 0.6) is 0 Å². The summed E-state index contributed by atoms with van der Waals surface area (Å²) in [4.78, 5) is 26.8. The summed E-state index contributed by atoms with van der Waals surface area (Å²) in [5.41, 5.74) is 1.28. The topological polar surface area (TPSA) is 61.4 Å². The molecule has 2 amide bonds. The van der Waals surface area contributed by atoms with E-state index in [4.69, 9.17) is 0 Å². The minimum atomic E-state index is -0.232. The molecule has 2 unspecified atom stereocenters. The second-order valence-electron chi connectivity index (χ2n) is 7.81. The maximum atomic E-state index is 12.6. The van der Waals surface area contributed by atoms with E-state index in [0.717, 1.165) is 31.5 Å². The van der Waals surface area contributed by atoms with E-state index in [1.54, 1.807) is 0 Å². The Morgan fingerprint density at radius 2 is 2.00 bits per heavy atom. The molecule has 1 aromatic carbocycles. The van der Waals surface area contributed by atoms with E-state index in [2.05, 4.69) is 17.6 Å². The van der Waals surface area contributed by atoms with Gasteiger partial charge < -0.3 is 15.5 Å². The normalized spacial score (nSPS) is 24.2. The molecule has 0 bridgehead atoms. The molecule has 2 fully saturated rings. The third-order valence-electron chi connectivity index (χ3n) is 5.78. The molecule has 2 saturated heterocycles. The van der Waals surface area contributed by atoms with Gasteiger partial charge in [-0.15, -0.1) is 0 Å². The smallest absolute Gasteiger partial charge is 0.225 e. The predicted octanol–water partition coefficient (Wildman–Crippen LogP) is 2.10. The second kappa shape index (κ2) is 7.56. The molecule has 136 valence electrons. The lowest BCUT2D eigenvalue weighted by atomic mass is 9.81. The summed E-state index contributed by atoms with van der Waals surface area (Å²) >= 11 is 0. The van der Waals surface area contributed by atoms with E-state index in [-0.39, 0.29) is 29.2 Å². The first-order chi connectivity index (χ1) is 12.0. The highest BCUT2D eigenvalue weighted by atomic mass is 16.2. The first kappa shape index (κ1) is 17.9. The Kier molecular flexibility index (Phi) is 5.42. The minimum Gasteiger partial charge on any atom is -0.355 e. The van der Waals surface area contributed by atoms with Crippen molar-refractivity contribution in [3.63, 3.8) is 0 Å². The average molecular weight is 343 g/mol. The summed E-state index contributed by atoms with van der Waals surface area (Å²) in [5.74, 6) is -0.135. The van der Waals surface area contributed by atoms with Crippen molar-refractivity contribution in [2.45, 2.75) is 39.2 Å². The van der Waals surface area contributed by atoms with Gasteiger partial charge in [0.15, 0.2) is 0 Å². The zero-order valence-electron chi connectivity index (χ0n) is 15.3. The number of carbonyl (C=O) groups excluding carboxylic acids is 2. The third-order valence-corrected chi connectivity index (χ3v) is 5.78. The van der Waals surface area contributed by atoms with Crippen LogP contribution in [0.3, 0.4) is 0 Å². The van der Waals surface area contributed by atoms with E-state index in [1.807, 2.05) is 42.2 Å². The van der Waals surface area contributed by atoms with Crippen molar-refractivity contribution in [1.82, 2.24) is 15.5 Å². The fraction of sp³-hybridized carbons (Fsp3) is 0.600. The van der Waals surface area contributed by atoms with E-state index < -0.39 is 0 Å². The van der Waals surface area contributed by atoms with E-state index in [0.29, 0.717) is 19.5 Å². The van der Waals surface area contributed by atoms with Crippen molar-refractivity contribution in [3.8, 4) is 0 Å². The standard InChI is InChI=1S/C20H29N3O2/c1-15(16-6-4-3-5-7-16)23-13-17(12-18(23)24)19(25)22-14-20(2)8-10-21-11-9-20/h3-7,15,17,21H,8-14H2,1-2H3,(H,22,25). The van der Waals surface area contributed by atoms with Gasteiger partial charge in [-0.2, -0.15) is 0 Å². The molecule has 0 saturated carbocycles. The number of rotatable bonds is 5. The first-order valence-electron chi connectivity index (χ1n) is 9.31. The van der Waals surface area contributed by atoms with Crippen molar-refractivity contribution in [2.24, 2.45) is 11.3 Å². The number of nitrogens with zero attached hydrogens (tertiary/aromatic N) is 1. The molecule has 1 aromatic rings. The van der Waals surface area contributed by atoms with Gasteiger partial charge >= 0.3 is 0 Å². The van der Waals surface area contributed by atoms with Gasteiger partial charge in [0.1, 0.15) is 0 Å². The van der Waals surface area contributed by atoms with E-state index in [9.17, 15) is 9.59 Å². The van der Waals surface area contributed by atoms with Crippen LogP contribution in [0.2, 0.25) is 0 Å². The minimum absolute atomic E-state index is 0.00781. The molecule has 0 radical (unpaired) electrons. The Balaban J connectivity index is 1.55. The SMILES string of the molecule is CC(c1ccccc1)N1CC(C(=O)NCC2(C)CCNCC2)CC1=O. The van der Waals surface area contributed by atoms with Crippen molar-refractivity contribution >= 4 is 11.8 Å². The molecule has 0 aromatic heterocycles. The highest BCUT2D eigenvalue weighted by Crippen LogP contribution is 2.30. The molecule has 5 nitrogen and oxygen atoms in total. The number of piperidine rings is 1. The maximum Gasteiger partial charge on any atom is 0.225 e. The molecule has 5 heteroatoms. The summed E-state index contributed by atoms with van der Waals surface area (Å²) in [6.45, 7) is 7.50. The van der Waals surface area contributed by atoms with Crippen LogP contribution in [-0.2, 0) is 9.59 Å². The van der Waals surface area contributed by atoms with Crippen LogP contribution in [-0.4, -0.2) is 42.9 Å². The number of likely N-dealkylation sites (tertiary alicyclic amines) is 1. The highest BCUT2D eigenvalue weighted by molar-refractivity contribution is 5.89. The van der Waals surface area contributed by atoms with Crippen molar-refractivity contribution in [2.75, 3.05) is 26.2 Å². The van der Waals surface area contributed by atoms with Crippen LogP contribution in [0, 0.1) is 11.3 Å². The molecule has 2 aliphatic heterocycles. The lowest BCUT2D eigenvalue weighted by Crippen LogP contribution is -2.44. The molecule has 2 heterocycles. The lowest BCUT2D eigenvalue weighted by Gasteiger charge is -2.34. The summed E-state index contributed by atoms with van der Waals surface area (Å²) < 4.78 is 0. The number of amides is 2. The van der Waals surface area contributed by atoms with E-state index >= 15 is 0 Å². The van der Waals surface area contributed by atoms with Crippen LogP contribution in [0.4, 0.5) is 0 Å². The molecule has 0 aliphatic carbocycles. The first-order valence-corrected chi connectivity index (χ1v) is 9.31. The van der Waals surface area contributed by atoms with Crippen molar-refractivity contribution < 1.29 is 9.59 Å². The Labute approximate surface area is 150 Å². The van der Waals surface area contributed by atoms with Crippen LogP contribution in [0.15, 0.2) is 30.3 Å². The van der Waals surface area contributed by atoms with Gasteiger partial charge in [-0.3, -0.25) is 9.59 Å². The fourth-order valence-electron chi connectivity index (χ4n) is 3.84. The molecule has 2 aliphatic rings. The largest absolute Gasteiger partial charge is 0.355 e. The Morgan fingerprint density at radius 1 is 1.32 bits per heavy atom. The summed E-state index contributed by atoms with van der Waals surface area (Å²) in [6, 6.07) is 10.0. The molecule has 2 N–H and O–H groups in total. The monoisotopic (exact) mass is 343 g/mol. The van der Waals surface area contributed by atoms with Crippen LogP contribution in [0.25, 0.3) is 0 Å². The maximum absolute atomic E-state index is 12.6. The Hall–Kier alpha value is -1.88. The number of benzene rings is 1. The number of carbonyl (C=O) groups is 2. The van der Waals surface area contributed by atoms with Gasteiger partial charge in [-0.1, -0.05) is 37.3 Å². The molecule has 25 heavy (non-hydrogen) atoms. The third kappa shape index (κ3) is 4.21. The van der Waals surface area contributed by atoms with Gasteiger partial charge in [0.25, 0.3) is 0 Å². The summed E-state index contributed by atoms with van der Waals surface area (Å²) in [5, 5.41) is 6.47. The van der Waals surface area contributed by atoms with Gasteiger partial charge in [0.05, 0.1) is 12.0 Å². The van der Waals surface area contributed by atoms with E-state index in [1.165, 1.54) is 0 Å². The summed E-state index contributed by atoms with van der Waals surface area (Å²) in [6.07, 6.45) is 2.48. The zero-order chi connectivity index (χ0) is 17.9. The molecule has 2 atom stereocenters. The highest BCUT2D eigenvalue weighted by Gasteiger charge is 2.37.